The number of hydrogen-bond donors (Lipinski definition) is 2. The molecular formula is C12H11BrClNO5. The summed E-state index contributed by atoms with van der Waals surface area (Å²) in [7, 11) is 1.14. The SMILES string of the molecule is COC(=O)C[C@H](NC(=O)c1ccc(Cl)cc1Br)C(=O)O. The van der Waals surface area contributed by atoms with E-state index in [1.807, 2.05) is 0 Å². The Labute approximate surface area is 128 Å². The van der Waals surface area contributed by atoms with Gasteiger partial charge < -0.3 is 15.2 Å². The Balaban J connectivity index is 2.85. The molecule has 8 heteroatoms. The summed E-state index contributed by atoms with van der Waals surface area (Å²) < 4.78 is 4.80. The summed E-state index contributed by atoms with van der Waals surface area (Å²) in [6.45, 7) is 0. The van der Waals surface area contributed by atoms with E-state index >= 15 is 0 Å². The van der Waals surface area contributed by atoms with E-state index in [0.717, 1.165) is 7.11 Å². The number of amides is 1. The molecule has 1 aromatic carbocycles. The van der Waals surface area contributed by atoms with Gasteiger partial charge in [-0.1, -0.05) is 11.6 Å². The lowest BCUT2D eigenvalue weighted by Crippen LogP contribution is -2.42. The second kappa shape index (κ2) is 7.25. The predicted octanol–water partition coefficient (Wildman–Crippen LogP) is 1.85. The first-order chi connectivity index (χ1) is 9.35. The largest absolute Gasteiger partial charge is 0.480 e. The Kier molecular flexibility index (Phi) is 5.97. The maximum atomic E-state index is 12.0. The van der Waals surface area contributed by atoms with Gasteiger partial charge in [0.1, 0.15) is 6.04 Å². The van der Waals surface area contributed by atoms with Crippen LogP contribution in [-0.4, -0.2) is 36.1 Å². The lowest BCUT2D eigenvalue weighted by Gasteiger charge is -2.14. The van der Waals surface area contributed by atoms with Crippen LogP contribution in [-0.2, 0) is 14.3 Å². The molecule has 0 saturated heterocycles. The average Bonchev–Trinajstić information content (AvgIpc) is 2.37. The highest BCUT2D eigenvalue weighted by Crippen LogP contribution is 2.21. The Morgan fingerprint density at radius 3 is 2.60 bits per heavy atom. The molecule has 1 aromatic rings. The van der Waals surface area contributed by atoms with Crippen LogP contribution in [0.4, 0.5) is 0 Å². The van der Waals surface area contributed by atoms with Gasteiger partial charge >= 0.3 is 11.9 Å². The minimum Gasteiger partial charge on any atom is -0.480 e. The van der Waals surface area contributed by atoms with Gasteiger partial charge in [-0.3, -0.25) is 9.59 Å². The third-order valence-electron chi connectivity index (χ3n) is 2.38. The van der Waals surface area contributed by atoms with Crippen LogP contribution in [0.25, 0.3) is 0 Å². The van der Waals surface area contributed by atoms with E-state index in [0.29, 0.717) is 9.50 Å². The lowest BCUT2D eigenvalue weighted by atomic mass is 10.1. The molecule has 20 heavy (non-hydrogen) atoms. The highest BCUT2D eigenvalue weighted by atomic mass is 79.9. The van der Waals surface area contributed by atoms with E-state index in [1.54, 1.807) is 0 Å². The minimum absolute atomic E-state index is 0.213. The molecule has 1 atom stereocenters. The summed E-state index contributed by atoms with van der Waals surface area (Å²) in [5.41, 5.74) is 0.213. The second-order valence-electron chi connectivity index (χ2n) is 3.77. The number of carbonyl (C=O) groups is 3. The normalized spacial score (nSPS) is 11.6. The van der Waals surface area contributed by atoms with Crippen LogP contribution < -0.4 is 5.32 Å². The van der Waals surface area contributed by atoms with Crippen molar-refractivity contribution in [2.45, 2.75) is 12.5 Å². The molecule has 0 fully saturated rings. The number of benzene rings is 1. The molecule has 0 unspecified atom stereocenters. The average molecular weight is 365 g/mol. The number of hydrogen-bond acceptors (Lipinski definition) is 4. The molecule has 0 radical (unpaired) electrons. The Morgan fingerprint density at radius 1 is 1.45 bits per heavy atom. The van der Waals surface area contributed by atoms with Gasteiger partial charge in [-0.2, -0.15) is 0 Å². The highest BCUT2D eigenvalue weighted by Gasteiger charge is 2.25. The van der Waals surface area contributed by atoms with Crippen molar-refractivity contribution in [3.05, 3.63) is 33.3 Å². The number of nitrogens with one attached hydrogen (secondary N) is 1. The molecule has 6 nitrogen and oxygen atoms in total. The summed E-state index contributed by atoms with van der Waals surface area (Å²) in [4.78, 5) is 34.1. The van der Waals surface area contributed by atoms with E-state index < -0.39 is 30.3 Å². The quantitative estimate of drug-likeness (QED) is 0.778. The zero-order chi connectivity index (χ0) is 15.3. The van der Waals surface area contributed by atoms with E-state index in [-0.39, 0.29) is 5.56 Å². The molecule has 0 bridgehead atoms. The van der Waals surface area contributed by atoms with Gasteiger partial charge in [0.25, 0.3) is 5.91 Å². The van der Waals surface area contributed by atoms with Crippen molar-refractivity contribution in [2.24, 2.45) is 0 Å². The first-order valence-electron chi connectivity index (χ1n) is 5.40. The second-order valence-corrected chi connectivity index (χ2v) is 5.06. The molecule has 1 rings (SSSR count). The van der Waals surface area contributed by atoms with Crippen LogP contribution >= 0.6 is 27.5 Å². The molecule has 0 spiro atoms. The monoisotopic (exact) mass is 363 g/mol. The molecule has 0 aliphatic carbocycles. The summed E-state index contributed by atoms with van der Waals surface area (Å²) in [5, 5.41) is 11.6. The molecule has 0 aromatic heterocycles. The molecule has 0 aliphatic heterocycles. The van der Waals surface area contributed by atoms with Gasteiger partial charge in [0.2, 0.25) is 0 Å². The van der Waals surface area contributed by atoms with Crippen LogP contribution in [0.2, 0.25) is 5.02 Å². The summed E-state index contributed by atoms with van der Waals surface area (Å²) in [6, 6.07) is 3.08. The smallest absolute Gasteiger partial charge is 0.326 e. The van der Waals surface area contributed by atoms with Gasteiger partial charge in [-0.05, 0) is 34.1 Å². The zero-order valence-corrected chi connectivity index (χ0v) is 12.7. The molecule has 0 saturated carbocycles. The maximum Gasteiger partial charge on any atom is 0.326 e. The van der Waals surface area contributed by atoms with Gasteiger partial charge in [0.15, 0.2) is 0 Å². The molecule has 2 N–H and O–H groups in total. The number of esters is 1. The fourth-order valence-corrected chi connectivity index (χ4v) is 2.22. The third kappa shape index (κ3) is 4.50. The van der Waals surface area contributed by atoms with E-state index in [1.165, 1.54) is 18.2 Å². The Bertz CT molecular complexity index is 549. The van der Waals surface area contributed by atoms with Gasteiger partial charge in [0, 0.05) is 9.50 Å². The number of halogens is 2. The minimum atomic E-state index is -1.36. The van der Waals surface area contributed by atoms with Crippen molar-refractivity contribution >= 4 is 45.4 Å². The number of ether oxygens (including phenoxy) is 1. The van der Waals surface area contributed by atoms with Crippen molar-refractivity contribution in [3.8, 4) is 0 Å². The molecular weight excluding hydrogens is 353 g/mol. The number of carboxylic acids is 1. The Hall–Kier alpha value is -1.60. The number of carboxylic acid groups (broad SMARTS) is 1. The first-order valence-corrected chi connectivity index (χ1v) is 6.57. The van der Waals surface area contributed by atoms with Crippen LogP contribution in [0.1, 0.15) is 16.8 Å². The number of carbonyl (C=O) groups excluding carboxylic acids is 2. The number of methoxy groups -OCH3 is 1. The van der Waals surface area contributed by atoms with Crippen molar-refractivity contribution in [3.63, 3.8) is 0 Å². The summed E-state index contributed by atoms with van der Waals surface area (Å²) in [5.74, 6) is -2.69. The fraction of sp³-hybridized carbons (Fsp3) is 0.250. The predicted molar refractivity (Wildman–Crippen MR) is 74.7 cm³/mol. The van der Waals surface area contributed by atoms with Crippen LogP contribution in [0.5, 0.6) is 0 Å². The van der Waals surface area contributed by atoms with Crippen LogP contribution in [0.15, 0.2) is 22.7 Å². The molecule has 1 amide bonds. The summed E-state index contributed by atoms with van der Waals surface area (Å²) >= 11 is 8.90. The standard InChI is InChI=1S/C12H11BrClNO5/c1-20-10(16)5-9(12(18)19)15-11(17)7-3-2-6(14)4-8(7)13/h2-4,9H,5H2,1H3,(H,15,17)(H,18,19)/t9-/m0/s1. The van der Waals surface area contributed by atoms with E-state index in [4.69, 9.17) is 16.7 Å². The van der Waals surface area contributed by atoms with Gasteiger partial charge in [-0.15, -0.1) is 0 Å². The van der Waals surface area contributed by atoms with Gasteiger partial charge in [-0.25, -0.2) is 4.79 Å². The first kappa shape index (κ1) is 16.5. The third-order valence-corrected chi connectivity index (χ3v) is 3.27. The van der Waals surface area contributed by atoms with Gasteiger partial charge in [0.05, 0.1) is 19.1 Å². The van der Waals surface area contributed by atoms with Crippen molar-refractivity contribution < 1.29 is 24.2 Å². The molecule has 0 aliphatic rings. The topological polar surface area (TPSA) is 92.7 Å². The summed E-state index contributed by atoms with van der Waals surface area (Å²) in [6.07, 6.45) is -0.456. The number of aliphatic carboxylic acids is 1. The fourth-order valence-electron chi connectivity index (χ4n) is 1.36. The van der Waals surface area contributed by atoms with Crippen molar-refractivity contribution in [1.82, 2.24) is 5.32 Å². The van der Waals surface area contributed by atoms with Crippen molar-refractivity contribution in [2.75, 3.05) is 7.11 Å². The Morgan fingerprint density at radius 2 is 2.10 bits per heavy atom. The van der Waals surface area contributed by atoms with Crippen LogP contribution in [0.3, 0.4) is 0 Å². The molecule has 0 heterocycles. The van der Waals surface area contributed by atoms with Crippen LogP contribution in [0, 0.1) is 0 Å². The zero-order valence-electron chi connectivity index (χ0n) is 10.4. The van der Waals surface area contributed by atoms with E-state index in [2.05, 4.69) is 26.0 Å². The number of rotatable bonds is 5. The van der Waals surface area contributed by atoms with E-state index in [9.17, 15) is 14.4 Å². The molecule has 108 valence electrons. The van der Waals surface area contributed by atoms with Crippen molar-refractivity contribution in [1.29, 1.82) is 0 Å². The lowest BCUT2D eigenvalue weighted by molar-refractivity contribution is -0.147. The maximum absolute atomic E-state index is 12.0. The highest BCUT2D eigenvalue weighted by molar-refractivity contribution is 9.10.